The lowest BCUT2D eigenvalue weighted by atomic mass is 10.1. The summed E-state index contributed by atoms with van der Waals surface area (Å²) in [6.45, 7) is 1.69. The van der Waals surface area contributed by atoms with E-state index in [1.807, 2.05) is 0 Å². The lowest BCUT2D eigenvalue weighted by Gasteiger charge is -2.28. The first-order valence-corrected chi connectivity index (χ1v) is 7.19. The average Bonchev–Trinajstić information content (AvgIpc) is 2.76. The van der Waals surface area contributed by atoms with E-state index in [2.05, 4.69) is 5.32 Å². The van der Waals surface area contributed by atoms with E-state index in [-0.39, 0.29) is 17.9 Å². The van der Waals surface area contributed by atoms with Crippen molar-refractivity contribution in [3.8, 4) is 5.75 Å². The molecule has 1 N–H and O–H groups in total. The minimum atomic E-state index is -0.280. The molecule has 110 valence electrons. The van der Waals surface area contributed by atoms with E-state index in [0.717, 1.165) is 18.8 Å². The molecule has 22 heavy (non-hydrogen) atoms. The molecular formula is C17H14N2O3. The van der Waals surface area contributed by atoms with Crippen LogP contribution in [0, 0.1) is 0 Å². The highest BCUT2D eigenvalue weighted by Gasteiger charge is 2.36. The van der Waals surface area contributed by atoms with Gasteiger partial charge in [-0.05, 0) is 36.4 Å². The minimum absolute atomic E-state index is 0.199. The van der Waals surface area contributed by atoms with Crippen LogP contribution in [0.5, 0.6) is 5.75 Å². The quantitative estimate of drug-likeness (QED) is 0.878. The number of benzene rings is 2. The molecule has 0 bridgehead atoms. The van der Waals surface area contributed by atoms with E-state index in [1.165, 1.54) is 4.90 Å². The van der Waals surface area contributed by atoms with Crippen LogP contribution in [0.15, 0.2) is 48.5 Å². The van der Waals surface area contributed by atoms with Gasteiger partial charge in [0, 0.05) is 13.1 Å². The minimum Gasteiger partial charge on any atom is -0.488 e. The number of hydrogen-bond donors (Lipinski definition) is 1. The number of carbonyl (C=O) groups is 2. The highest BCUT2D eigenvalue weighted by atomic mass is 16.5. The van der Waals surface area contributed by atoms with E-state index in [1.54, 1.807) is 48.5 Å². The fraction of sp³-hybridized carbons (Fsp3) is 0.176. The van der Waals surface area contributed by atoms with Gasteiger partial charge in [-0.15, -0.1) is 0 Å². The molecule has 4 rings (SSSR count). The number of hydrogen-bond acceptors (Lipinski definition) is 4. The van der Waals surface area contributed by atoms with Gasteiger partial charge in [-0.25, -0.2) is 4.90 Å². The first-order chi connectivity index (χ1) is 10.7. The summed E-state index contributed by atoms with van der Waals surface area (Å²) in [6.07, 6.45) is 0.199. The van der Waals surface area contributed by atoms with Crippen molar-refractivity contribution in [2.45, 2.75) is 6.10 Å². The van der Waals surface area contributed by atoms with Crippen LogP contribution in [-0.4, -0.2) is 31.0 Å². The van der Waals surface area contributed by atoms with Crippen LogP contribution in [-0.2, 0) is 0 Å². The summed E-state index contributed by atoms with van der Waals surface area (Å²) in [6, 6.07) is 13.9. The van der Waals surface area contributed by atoms with Crippen molar-refractivity contribution in [3.63, 3.8) is 0 Å². The second-order valence-corrected chi connectivity index (χ2v) is 5.38. The molecule has 2 aromatic carbocycles. The fourth-order valence-electron chi connectivity index (χ4n) is 2.64. The van der Waals surface area contributed by atoms with Crippen molar-refractivity contribution >= 4 is 17.5 Å². The summed E-state index contributed by atoms with van der Waals surface area (Å²) in [5, 5.41) is 3.14. The zero-order valence-electron chi connectivity index (χ0n) is 11.8. The molecule has 5 heteroatoms. The number of nitrogens with zero attached hydrogens (tertiary/aromatic N) is 1. The number of imide groups is 1. The first-order valence-electron chi connectivity index (χ1n) is 7.19. The summed E-state index contributed by atoms with van der Waals surface area (Å²) in [4.78, 5) is 26.0. The highest BCUT2D eigenvalue weighted by Crippen LogP contribution is 2.29. The van der Waals surface area contributed by atoms with Crippen LogP contribution < -0.4 is 15.0 Å². The lowest BCUT2D eigenvalue weighted by molar-refractivity contribution is 0.0926. The van der Waals surface area contributed by atoms with E-state index < -0.39 is 0 Å². The number of amides is 2. The van der Waals surface area contributed by atoms with Crippen LogP contribution >= 0.6 is 0 Å². The third kappa shape index (κ3) is 1.98. The predicted molar refractivity (Wildman–Crippen MR) is 81.3 cm³/mol. The van der Waals surface area contributed by atoms with Gasteiger partial charge in [-0.3, -0.25) is 9.59 Å². The van der Waals surface area contributed by atoms with Gasteiger partial charge in [0.05, 0.1) is 16.8 Å². The molecule has 2 aromatic rings. The largest absolute Gasteiger partial charge is 0.488 e. The Morgan fingerprint density at radius 1 is 0.909 bits per heavy atom. The zero-order chi connectivity index (χ0) is 15.1. The van der Waals surface area contributed by atoms with Crippen molar-refractivity contribution in [1.82, 2.24) is 5.32 Å². The molecule has 0 atom stereocenters. The maximum absolute atomic E-state index is 12.4. The summed E-state index contributed by atoms with van der Waals surface area (Å²) in [5.41, 5.74) is 1.46. The Morgan fingerprint density at radius 2 is 1.50 bits per heavy atom. The number of rotatable bonds is 3. The van der Waals surface area contributed by atoms with Crippen molar-refractivity contribution in [2.24, 2.45) is 0 Å². The predicted octanol–water partition coefficient (Wildman–Crippen LogP) is 1.84. The topological polar surface area (TPSA) is 58.6 Å². The maximum atomic E-state index is 12.4. The Bertz CT molecular complexity index is 716. The van der Waals surface area contributed by atoms with Gasteiger partial charge < -0.3 is 10.1 Å². The molecule has 1 fully saturated rings. The molecule has 5 nitrogen and oxygen atoms in total. The fourth-order valence-corrected chi connectivity index (χ4v) is 2.64. The monoisotopic (exact) mass is 294 g/mol. The van der Waals surface area contributed by atoms with Crippen molar-refractivity contribution in [1.29, 1.82) is 0 Å². The summed E-state index contributed by atoms with van der Waals surface area (Å²) in [5.74, 6) is 0.182. The van der Waals surface area contributed by atoms with Crippen molar-refractivity contribution in [2.75, 3.05) is 18.0 Å². The van der Waals surface area contributed by atoms with Crippen LogP contribution in [0.1, 0.15) is 20.7 Å². The molecule has 0 radical (unpaired) electrons. The smallest absolute Gasteiger partial charge is 0.266 e. The molecule has 2 amide bonds. The molecule has 0 unspecified atom stereocenters. The summed E-state index contributed by atoms with van der Waals surface area (Å²) in [7, 11) is 0. The SMILES string of the molecule is O=C1c2ccccc2C(=O)N1c1ccc(OC2CNC2)cc1. The van der Waals surface area contributed by atoms with Crippen molar-refractivity contribution in [3.05, 3.63) is 59.7 Å². The van der Waals surface area contributed by atoms with Gasteiger partial charge in [0.1, 0.15) is 11.9 Å². The Hall–Kier alpha value is -2.66. The third-order valence-corrected chi connectivity index (χ3v) is 3.94. The van der Waals surface area contributed by atoms with Crippen molar-refractivity contribution < 1.29 is 14.3 Å². The Balaban J connectivity index is 1.60. The molecular weight excluding hydrogens is 280 g/mol. The van der Waals surface area contributed by atoms with Gasteiger partial charge in [0.2, 0.25) is 0 Å². The number of ether oxygens (including phenoxy) is 1. The normalized spacial score (nSPS) is 17.4. The van der Waals surface area contributed by atoms with Gasteiger partial charge in [-0.2, -0.15) is 0 Å². The third-order valence-electron chi connectivity index (χ3n) is 3.94. The van der Waals surface area contributed by atoms with E-state index >= 15 is 0 Å². The first kappa shape index (κ1) is 13.0. The van der Waals surface area contributed by atoms with Gasteiger partial charge in [-0.1, -0.05) is 12.1 Å². The molecule has 1 saturated heterocycles. The molecule has 2 aliphatic heterocycles. The molecule has 2 heterocycles. The second-order valence-electron chi connectivity index (χ2n) is 5.38. The summed E-state index contributed by atoms with van der Waals surface area (Å²) < 4.78 is 5.73. The molecule has 0 saturated carbocycles. The van der Waals surface area contributed by atoms with Crippen LogP contribution in [0.25, 0.3) is 0 Å². The van der Waals surface area contributed by atoms with E-state index in [0.29, 0.717) is 16.8 Å². The number of nitrogens with one attached hydrogen (secondary N) is 1. The van der Waals surface area contributed by atoms with E-state index in [9.17, 15) is 9.59 Å². The maximum Gasteiger partial charge on any atom is 0.266 e. The van der Waals surface area contributed by atoms with Gasteiger partial charge >= 0.3 is 0 Å². The number of carbonyl (C=O) groups excluding carboxylic acids is 2. The average molecular weight is 294 g/mol. The molecule has 0 spiro atoms. The second kappa shape index (κ2) is 4.96. The molecule has 0 aliphatic carbocycles. The standard InChI is InChI=1S/C17H14N2O3/c20-16-14-3-1-2-4-15(14)17(21)19(16)11-5-7-12(8-6-11)22-13-9-18-10-13/h1-8,13,18H,9-10H2. The highest BCUT2D eigenvalue weighted by molar-refractivity contribution is 6.34. The van der Waals surface area contributed by atoms with Crippen LogP contribution in [0.4, 0.5) is 5.69 Å². The zero-order valence-corrected chi connectivity index (χ0v) is 11.8. The molecule has 0 aromatic heterocycles. The van der Waals surface area contributed by atoms with Crippen LogP contribution in [0.3, 0.4) is 0 Å². The molecule has 2 aliphatic rings. The van der Waals surface area contributed by atoms with Gasteiger partial charge in [0.25, 0.3) is 11.8 Å². The van der Waals surface area contributed by atoms with Gasteiger partial charge in [0.15, 0.2) is 0 Å². The number of anilines is 1. The Labute approximate surface area is 127 Å². The van der Waals surface area contributed by atoms with Crippen LogP contribution in [0.2, 0.25) is 0 Å². The number of fused-ring (bicyclic) bond motifs is 1. The van der Waals surface area contributed by atoms with E-state index in [4.69, 9.17) is 4.74 Å². The Kier molecular flexibility index (Phi) is 2.94. The summed E-state index contributed by atoms with van der Waals surface area (Å²) >= 11 is 0. The Morgan fingerprint density at radius 3 is 2.00 bits per heavy atom. The lowest BCUT2D eigenvalue weighted by Crippen LogP contribution is -2.50.